The molecule has 2 aromatic heterocycles. The lowest BCUT2D eigenvalue weighted by molar-refractivity contribution is 0.207. The number of hydrogen-bond donors (Lipinski definition) is 0. The largest absolute Gasteiger partial charge is 0.331 e. The number of rotatable bonds is 4. The van der Waals surface area contributed by atoms with Crippen molar-refractivity contribution in [3.05, 3.63) is 45.9 Å². The molecule has 27 heavy (non-hydrogen) atoms. The highest BCUT2D eigenvalue weighted by Crippen LogP contribution is 2.24. The minimum atomic E-state index is -0.0558. The Hall–Kier alpha value is -1.95. The first-order valence-electron chi connectivity index (χ1n) is 10.3. The summed E-state index contributed by atoms with van der Waals surface area (Å²) in [6.07, 6.45) is 8.01. The zero-order valence-corrected chi connectivity index (χ0v) is 16.8. The Balaban J connectivity index is 1.51. The molecule has 0 aromatic carbocycles. The monoisotopic (exact) mass is 369 g/mol. The van der Waals surface area contributed by atoms with Gasteiger partial charge in [0.15, 0.2) is 0 Å². The molecule has 1 fully saturated rings. The van der Waals surface area contributed by atoms with Gasteiger partial charge in [0.25, 0.3) is 5.56 Å². The lowest BCUT2D eigenvalue weighted by atomic mass is 9.92. The number of likely N-dealkylation sites (tertiary alicyclic amines) is 1. The van der Waals surface area contributed by atoms with Crippen LogP contribution in [0.4, 0.5) is 0 Å². The van der Waals surface area contributed by atoms with Crippen molar-refractivity contribution >= 4 is 0 Å². The van der Waals surface area contributed by atoms with E-state index < -0.39 is 0 Å². The second kappa shape index (κ2) is 7.23. The summed E-state index contributed by atoms with van der Waals surface area (Å²) >= 11 is 0. The number of aromatic nitrogens is 4. The molecule has 0 radical (unpaired) electrons. The molecule has 4 rings (SSSR count). The molecule has 0 saturated carbocycles. The van der Waals surface area contributed by atoms with Crippen molar-refractivity contribution in [2.75, 3.05) is 6.54 Å². The average molecular weight is 370 g/mol. The van der Waals surface area contributed by atoms with Gasteiger partial charge in [-0.25, -0.2) is 9.67 Å². The van der Waals surface area contributed by atoms with E-state index in [0.717, 1.165) is 38.2 Å². The van der Waals surface area contributed by atoms with Crippen LogP contribution in [0.25, 0.3) is 0 Å². The van der Waals surface area contributed by atoms with E-state index in [1.165, 1.54) is 30.8 Å². The van der Waals surface area contributed by atoms with Gasteiger partial charge in [0.2, 0.25) is 0 Å². The fourth-order valence-electron chi connectivity index (χ4n) is 4.30. The standard InChI is InChI=1S/C21H31N5O/c1-21(2,3)18-9-10-20(27)26(23-18)14-17-8-6-11-24(17)15-19-22-13-16-7-4-5-12-25(16)19/h9-10,13,17H,4-8,11-12,14-15H2,1-3H3. The van der Waals surface area contributed by atoms with Crippen molar-refractivity contribution in [2.24, 2.45) is 0 Å². The van der Waals surface area contributed by atoms with E-state index in [1.54, 1.807) is 10.7 Å². The highest BCUT2D eigenvalue weighted by atomic mass is 16.1. The molecule has 146 valence electrons. The van der Waals surface area contributed by atoms with Crippen molar-refractivity contribution in [1.29, 1.82) is 0 Å². The Morgan fingerprint density at radius 2 is 2.00 bits per heavy atom. The summed E-state index contributed by atoms with van der Waals surface area (Å²) in [7, 11) is 0. The Morgan fingerprint density at radius 1 is 1.15 bits per heavy atom. The Bertz CT molecular complexity index is 860. The van der Waals surface area contributed by atoms with E-state index in [0.29, 0.717) is 12.6 Å². The molecule has 0 bridgehead atoms. The lowest BCUT2D eigenvalue weighted by Gasteiger charge is -2.26. The number of nitrogens with zero attached hydrogens (tertiary/aromatic N) is 5. The maximum absolute atomic E-state index is 12.4. The molecule has 0 N–H and O–H groups in total. The Morgan fingerprint density at radius 3 is 2.81 bits per heavy atom. The third-order valence-electron chi connectivity index (χ3n) is 5.95. The van der Waals surface area contributed by atoms with Crippen LogP contribution in [0.2, 0.25) is 0 Å². The van der Waals surface area contributed by atoms with Crippen LogP contribution >= 0.6 is 0 Å². The topological polar surface area (TPSA) is 56.0 Å². The molecular formula is C21H31N5O. The average Bonchev–Trinajstić information content (AvgIpc) is 3.24. The van der Waals surface area contributed by atoms with Crippen LogP contribution < -0.4 is 5.56 Å². The van der Waals surface area contributed by atoms with Gasteiger partial charge >= 0.3 is 0 Å². The first-order chi connectivity index (χ1) is 12.9. The molecule has 4 heterocycles. The van der Waals surface area contributed by atoms with Crippen LogP contribution in [0.3, 0.4) is 0 Å². The second-order valence-corrected chi connectivity index (χ2v) is 9.03. The molecule has 1 atom stereocenters. The summed E-state index contributed by atoms with van der Waals surface area (Å²) in [5.74, 6) is 1.18. The highest BCUT2D eigenvalue weighted by Gasteiger charge is 2.28. The summed E-state index contributed by atoms with van der Waals surface area (Å²) in [6.45, 7) is 10.1. The van der Waals surface area contributed by atoms with Crippen LogP contribution in [-0.2, 0) is 31.5 Å². The van der Waals surface area contributed by atoms with Crippen molar-refractivity contribution in [1.82, 2.24) is 24.2 Å². The fourth-order valence-corrected chi connectivity index (χ4v) is 4.30. The molecular weight excluding hydrogens is 338 g/mol. The fraction of sp³-hybridized carbons (Fsp3) is 0.667. The molecule has 6 heteroatoms. The van der Waals surface area contributed by atoms with Crippen molar-refractivity contribution < 1.29 is 0 Å². The molecule has 0 aliphatic carbocycles. The van der Waals surface area contributed by atoms with Gasteiger partial charge in [-0.2, -0.15) is 5.10 Å². The van der Waals surface area contributed by atoms with Crippen LogP contribution in [0.5, 0.6) is 0 Å². The zero-order valence-electron chi connectivity index (χ0n) is 16.8. The number of hydrogen-bond acceptors (Lipinski definition) is 4. The molecule has 0 spiro atoms. The first kappa shape index (κ1) is 18.4. The summed E-state index contributed by atoms with van der Waals surface area (Å²) in [4.78, 5) is 19.6. The molecule has 6 nitrogen and oxygen atoms in total. The van der Waals surface area contributed by atoms with Gasteiger partial charge in [-0.1, -0.05) is 20.8 Å². The zero-order chi connectivity index (χ0) is 19.0. The van der Waals surface area contributed by atoms with Gasteiger partial charge in [0.05, 0.1) is 18.8 Å². The highest BCUT2D eigenvalue weighted by molar-refractivity contribution is 5.11. The number of fused-ring (bicyclic) bond motifs is 1. The minimum Gasteiger partial charge on any atom is -0.331 e. The predicted octanol–water partition coefficient (Wildman–Crippen LogP) is 2.74. The summed E-state index contributed by atoms with van der Waals surface area (Å²) in [5, 5.41) is 4.67. The molecule has 1 saturated heterocycles. The minimum absolute atomic E-state index is 0.00644. The second-order valence-electron chi connectivity index (χ2n) is 9.03. The summed E-state index contributed by atoms with van der Waals surface area (Å²) in [5.41, 5.74) is 2.28. The van der Waals surface area contributed by atoms with Gasteiger partial charge in [0.1, 0.15) is 5.82 Å². The van der Waals surface area contributed by atoms with E-state index in [-0.39, 0.29) is 11.0 Å². The van der Waals surface area contributed by atoms with Crippen LogP contribution in [-0.4, -0.2) is 36.8 Å². The molecule has 2 aromatic rings. The normalized spacial score (nSPS) is 20.8. The summed E-state index contributed by atoms with van der Waals surface area (Å²) in [6, 6.07) is 3.88. The Kier molecular flexibility index (Phi) is 4.93. The maximum Gasteiger partial charge on any atom is 0.266 e. The van der Waals surface area contributed by atoms with Gasteiger partial charge < -0.3 is 4.57 Å². The van der Waals surface area contributed by atoms with E-state index in [9.17, 15) is 4.79 Å². The number of aryl methyl sites for hydroxylation is 1. The molecule has 0 amide bonds. The van der Waals surface area contributed by atoms with E-state index in [4.69, 9.17) is 4.98 Å². The van der Waals surface area contributed by atoms with Crippen molar-refractivity contribution in [2.45, 2.75) is 84.0 Å². The third kappa shape index (κ3) is 3.86. The number of imidazole rings is 1. The van der Waals surface area contributed by atoms with Gasteiger partial charge in [0, 0.05) is 36.0 Å². The SMILES string of the molecule is CC(C)(C)c1ccc(=O)n(CC2CCCN2Cc2ncc3n2CCCC3)n1. The first-order valence-corrected chi connectivity index (χ1v) is 10.3. The quantitative estimate of drug-likeness (QED) is 0.832. The van der Waals surface area contributed by atoms with Gasteiger partial charge in [-0.05, 0) is 44.7 Å². The van der Waals surface area contributed by atoms with Crippen LogP contribution in [0.1, 0.15) is 63.7 Å². The van der Waals surface area contributed by atoms with Crippen LogP contribution in [0, 0.1) is 0 Å². The Labute approximate surface area is 161 Å². The smallest absolute Gasteiger partial charge is 0.266 e. The lowest BCUT2D eigenvalue weighted by Crippen LogP contribution is -2.38. The van der Waals surface area contributed by atoms with Crippen molar-refractivity contribution in [3.8, 4) is 0 Å². The maximum atomic E-state index is 12.4. The third-order valence-corrected chi connectivity index (χ3v) is 5.95. The molecule has 1 unspecified atom stereocenters. The molecule has 2 aliphatic heterocycles. The van der Waals surface area contributed by atoms with E-state index in [1.807, 2.05) is 6.07 Å². The van der Waals surface area contributed by atoms with E-state index >= 15 is 0 Å². The molecule has 2 aliphatic rings. The van der Waals surface area contributed by atoms with E-state index in [2.05, 4.69) is 41.5 Å². The van der Waals surface area contributed by atoms with Gasteiger partial charge in [-0.15, -0.1) is 0 Å². The predicted molar refractivity (Wildman–Crippen MR) is 106 cm³/mol. The van der Waals surface area contributed by atoms with Crippen molar-refractivity contribution in [3.63, 3.8) is 0 Å². The summed E-state index contributed by atoms with van der Waals surface area (Å²) < 4.78 is 4.08. The van der Waals surface area contributed by atoms with Crippen LogP contribution in [0.15, 0.2) is 23.1 Å². The van der Waals surface area contributed by atoms with Gasteiger partial charge in [-0.3, -0.25) is 9.69 Å².